The summed E-state index contributed by atoms with van der Waals surface area (Å²) in [4.78, 5) is 24.6. The average molecular weight is 402 g/mol. The maximum Gasteiger partial charge on any atom is 0.251 e. The lowest BCUT2D eigenvalue weighted by Crippen LogP contribution is -2.33. The molecule has 2 aromatic rings. The molecule has 28 heavy (non-hydrogen) atoms. The second kappa shape index (κ2) is 9.23. The van der Waals surface area contributed by atoms with Crippen molar-refractivity contribution in [1.82, 2.24) is 25.4 Å². The van der Waals surface area contributed by atoms with E-state index < -0.39 is 0 Å². The van der Waals surface area contributed by atoms with E-state index in [1.54, 1.807) is 6.07 Å². The van der Waals surface area contributed by atoms with Crippen molar-refractivity contribution in [3.8, 4) is 0 Å². The summed E-state index contributed by atoms with van der Waals surface area (Å²) < 4.78 is 1.83. The molecule has 1 aliphatic carbocycles. The summed E-state index contributed by atoms with van der Waals surface area (Å²) in [7, 11) is 1.85. The Labute approximate surface area is 169 Å². The predicted octanol–water partition coefficient (Wildman–Crippen LogP) is 2.77. The fourth-order valence-corrected chi connectivity index (χ4v) is 4.16. The molecule has 7 nitrogen and oxygen atoms in total. The van der Waals surface area contributed by atoms with E-state index in [-0.39, 0.29) is 17.9 Å². The molecule has 1 aromatic heterocycles. The van der Waals surface area contributed by atoms with Crippen LogP contribution in [0.3, 0.4) is 0 Å². The summed E-state index contributed by atoms with van der Waals surface area (Å²) in [5.74, 6) is 0.846. The first-order valence-electron chi connectivity index (χ1n) is 9.63. The van der Waals surface area contributed by atoms with E-state index in [4.69, 9.17) is 0 Å². The highest BCUT2D eigenvalue weighted by molar-refractivity contribution is 7.99. The molecule has 0 unspecified atom stereocenters. The number of aromatic nitrogens is 3. The number of benzene rings is 1. The lowest BCUT2D eigenvalue weighted by molar-refractivity contribution is -0.119. The van der Waals surface area contributed by atoms with E-state index in [1.807, 2.05) is 43.7 Å². The van der Waals surface area contributed by atoms with Gasteiger partial charge in [-0.25, -0.2) is 0 Å². The summed E-state index contributed by atoms with van der Waals surface area (Å²) in [6.45, 7) is 3.83. The highest BCUT2D eigenvalue weighted by Gasteiger charge is 2.20. The number of nitrogens with zero attached hydrogens (tertiary/aromatic N) is 3. The van der Waals surface area contributed by atoms with Crippen LogP contribution in [0.4, 0.5) is 0 Å². The number of thioether (sulfide) groups is 1. The molecule has 1 heterocycles. The molecule has 8 heteroatoms. The maximum absolute atomic E-state index is 12.5. The zero-order valence-electron chi connectivity index (χ0n) is 16.6. The molecule has 1 fully saturated rings. The number of rotatable bonds is 7. The number of nitrogens with one attached hydrogen (secondary N) is 2. The number of amides is 2. The number of carbonyl (C=O) groups excluding carboxylic acids is 2. The van der Waals surface area contributed by atoms with E-state index in [1.165, 1.54) is 24.6 Å². The normalized spacial score (nSPS) is 15.4. The van der Waals surface area contributed by atoms with E-state index in [0.29, 0.717) is 28.3 Å². The third-order valence-corrected chi connectivity index (χ3v) is 5.96. The molecule has 0 saturated heterocycles. The van der Waals surface area contributed by atoms with Crippen LogP contribution < -0.4 is 10.6 Å². The van der Waals surface area contributed by atoms with Crippen molar-refractivity contribution in [2.45, 2.75) is 56.8 Å². The van der Waals surface area contributed by atoms with Gasteiger partial charge in [0.15, 0.2) is 11.0 Å². The Morgan fingerprint density at radius 2 is 2.04 bits per heavy atom. The number of hydrogen-bond acceptors (Lipinski definition) is 5. The van der Waals surface area contributed by atoms with Crippen LogP contribution in [0.25, 0.3) is 0 Å². The van der Waals surface area contributed by atoms with Crippen LogP contribution in [0.15, 0.2) is 29.4 Å². The van der Waals surface area contributed by atoms with Crippen molar-refractivity contribution in [3.05, 3.63) is 41.2 Å². The highest BCUT2D eigenvalue weighted by atomic mass is 32.2. The van der Waals surface area contributed by atoms with Gasteiger partial charge in [0.2, 0.25) is 5.91 Å². The molecule has 0 spiro atoms. The second-order valence-electron chi connectivity index (χ2n) is 7.30. The maximum atomic E-state index is 12.5. The van der Waals surface area contributed by atoms with Crippen molar-refractivity contribution in [2.75, 3.05) is 5.75 Å². The largest absolute Gasteiger partial charge is 0.353 e. The zero-order chi connectivity index (χ0) is 20.1. The summed E-state index contributed by atoms with van der Waals surface area (Å²) in [6.07, 6.45) is 4.53. The predicted molar refractivity (Wildman–Crippen MR) is 109 cm³/mol. The Kier molecular flexibility index (Phi) is 6.72. The molecule has 3 rings (SSSR count). The average Bonchev–Trinajstić information content (AvgIpc) is 3.29. The molecule has 1 aliphatic rings. The van der Waals surface area contributed by atoms with Crippen LogP contribution in [0.1, 0.15) is 60.4 Å². The molecule has 150 valence electrons. The molecular formula is C20H27N5O2S. The minimum atomic E-state index is -0.299. The number of hydrogen-bond donors (Lipinski definition) is 2. The van der Waals surface area contributed by atoms with Gasteiger partial charge in [0, 0.05) is 18.7 Å². The molecular weight excluding hydrogens is 374 g/mol. The summed E-state index contributed by atoms with van der Waals surface area (Å²) in [5.41, 5.74) is 1.65. The SMILES string of the molecule is Cc1cccc(C(=O)N[C@H](C)c2nnc(SCC(=O)NC3CCCC3)n2C)c1. The Morgan fingerprint density at radius 1 is 1.29 bits per heavy atom. The lowest BCUT2D eigenvalue weighted by atomic mass is 10.1. The van der Waals surface area contributed by atoms with Crippen LogP contribution >= 0.6 is 11.8 Å². The smallest absolute Gasteiger partial charge is 0.251 e. The van der Waals surface area contributed by atoms with Gasteiger partial charge in [-0.3, -0.25) is 9.59 Å². The standard InChI is InChI=1S/C20H27N5O2S/c1-13-7-6-8-15(11-13)19(27)21-14(2)18-23-24-20(25(18)3)28-12-17(26)22-16-9-4-5-10-16/h6-8,11,14,16H,4-5,9-10,12H2,1-3H3,(H,21,27)(H,22,26)/t14-/m1/s1. The van der Waals surface area contributed by atoms with E-state index in [9.17, 15) is 9.59 Å². The fraction of sp³-hybridized carbons (Fsp3) is 0.500. The van der Waals surface area contributed by atoms with Crippen LogP contribution in [-0.4, -0.2) is 38.4 Å². The number of carbonyl (C=O) groups is 2. The molecule has 1 saturated carbocycles. The minimum Gasteiger partial charge on any atom is -0.353 e. The van der Waals surface area contributed by atoms with E-state index >= 15 is 0 Å². The zero-order valence-corrected chi connectivity index (χ0v) is 17.4. The highest BCUT2D eigenvalue weighted by Crippen LogP contribution is 2.21. The van der Waals surface area contributed by atoms with Crippen molar-refractivity contribution >= 4 is 23.6 Å². The van der Waals surface area contributed by atoms with Crippen molar-refractivity contribution in [2.24, 2.45) is 7.05 Å². The van der Waals surface area contributed by atoms with Crippen LogP contribution in [-0.2, 0) is 11.8 Å². The summed E-state index contributed by atoms with van der Waals surface area (Å²) >= 11 is 1.36. The van der Waals surface area contributed by atoms with Crippen molar-refractivity contribution in [3.63, 3.8) is 0 Å². The first kappa shape index (κ1) is 20.4. The van der Waals surface area contributed by atoms with Crippen LogP contribution in [0.5, 0.6) is 0 Å². The fourth-order valence-electron chi connectivity index (χ4n) is 3.43. The minimum absolute atomic E-state index is 0.0299. The first-order valence-corrected chi connectivity index (χ1v) is 10.6. The topological polar surface area (TPSA) is 88.9 Å². The number of aryl methyl sites for hydroxylation is 1. The van der Waals surface area contributed by atoms with Gasteiger partial charge in [0.1, 0.15) is 0 Å². The second-order valence-corrected chi connectivity index (χ2v) is 8.24. The van der Waals surface area contributed by atoms with Gasteiger partial charge >= 0.3 is 0 Å². The summed E-state index contributed by atoms with van der Waals surface area (Å²) in [6, 6.07) is 7.48. The molecule has 0 radical (unpaired) electrons. The van der Waals surface area contributed by atoms with Gasteiger partial charge in [-0.2, -0.15) is 0 Å². The molecule has 2 amide bonds. The van der Waals surface area contributed by atoms with Gasteiger partial charge in [-0.15, -0.1) is 10.2 Å². The van der Waals surface area contributed by atoms with Crippen molar-refractivity contribution in [1.29, 1.82) is 0 Å². The monoisotopic (exact) mass is 401 g/mol. The van der Waals surface area contributed by atoms with Gasteiger partial charge in [0.25, 0.3) is 5.91 Å². The van der Waals surface area contributed by atoms with E-state index in [2.05, 4.69) is 20.8 Å². The molecule has 0 bridgehead atoms. The quantitative estimate of drug-likeness (QED) is 0.697. The van der Waals surface area contributed by atoms with Gasteiger partial charge in [-0.05, 0) is 38.8 Å². The van der Waals surface area contributed by atoms with Gasteiger partial charge in [-0.1, -0.05) is 42.3 Å². The van der Waals surface area contributed by atoms with E-state index in [0.717, 1.165) is 18.4 Å². The third-order valence-electron chi connectivity index (χ3n) is 4.94. The molecule has 2 N–H and O–H groups in total. The Hall–Kier alpha value is -2.35. The Bertz CT molecular complexity index is 845. The first-order chi connectivity index (χ1) is 13.4. The third kappa shape index (κ3) is 5.13. The molecule has 0 aliphatic heterocycles. The molecule has 1 aromatic carbocycles. The Morgan fingerprint density at radius 3 is 2.75 bits per heavy atom. The van der Waals surface area contributed by atoms with Crippen molar-refractivity contribution < 1.29 is 9.59 Å². The van der Waals surface area contributed by atoms with Crippen LogP contribution in [0.2, 0.25) is 0 Å². The Balaban J connectivity index is 1.55. The summed E-state index contributed by atoms with van der Waals surface area (Å²) in [5, 5.41) is 15.1. The van der Waals surface area contributed by atoms with Gasteiger partial charge in [0.05, 0.1) is 11.8 Å². The lowest BCUT2D eigenvalue weighted by Gasteiger charge is -2.14. The van der Waals surface area contributed by atoms with Gasteiger partial charge < -0.3 is 15.2 Å². The van der Waals surface area contributed by atoms with Crippen LogP contribution in [0, 0.1) is 6.92 Å². The molecule has 1 atom stereocenters.